The van der Waals surface area contributed by atoms with Crippen molar-refractivity contribution in [1.29, 1.82) is 0 Å². The number of benzene rings is 2. The Morgan fingerprint density at radius 1 is 1.22 bits per heavy atom. The summed E-state index contributed by atoms with van der Waals surface area (Å²) in [7, 11) is 1.63. The van der Waals surface area contributed by atoms with E-state index < -0.39 is 11.8 Å². The molecular weight excluding hydrogens is 514 g/mol. The first-order valence-corrected chi connectivity index (χ1v) is 13.0. The van der Waals surface area contributed by atoms with Gasteiger partial charge in [0, 0.05) is 16.6 Å². The van der Waals surface area contributed by atoms with Gasteiger partial charge >= 0.3 is 5.97 Å². The number of hydrogen-bond donors (Lipinski definition) is 1. The van der Waals surface area contributed by atoms with Crippen molar-refractivity contribution in [3.8, 4) is 17.6 Å². The molecule has 1 aromatic heterocycles. The molecule has 194 valence electrons. The standard InChI is InChI=1S/C29H29Cl2FN2O3/c1-37-22-8-9-27-24(17-22)23(25(31)19-33-27)5-2-10-29(18-28(35)36)11-14-34(15-12-29)13-3-4-20-6-7-21(30)16-26(20)32/h6-9,16-17,19H,2,5,10-15,18H2,1H3,(H,35,36). The van der Waals surface area contributed by atoms with E-state index in [0.717, 1.165) is 67.4 Å². The van der Waals surface area contributed by atoms with Gasteiger partial charge in [0.1, 0.15) is 11.6 Å². The van der Waals surface area contributed by atoms with Gasteiger partial charge in [-0.1, -0.05) is 35.0 Å². The van der Waals surface area contributed by atoms with E-state index in [1.165, 1.54) is 6.07 Å². The fraction of sp³-hybridized carbons (Fsp3) is 0.379. The Bertz CT molecular complexity index is 1340. The highest BCUT2D eigenvalue weighted by atomic mass is 35.5. The number of carboxylic acids is 1. The van der Waals surface area contributed by atoms with Gasteiger partial charge in [0.15, 0.2) is 0 Å². The van der Waals surface area contributed by atoms with Crippen LogP contribution in [0.4, 0.5) is 4.39 Å². The second kappa shape index (κ2) is 12.1. The highest BCUT2D eigenvalue weighted by molar-refractivity contribution is 6.32. The number of nitrogens with zero attached hydrogens (tertiary/aromatic N) is 2. The molecule has 1 fully saturated rings. The molecule has 8 heteroatoms. The average Bonchev–Trinajstić information content (AvgIpc) is 2.87. The third kappa shape index (κ3) is 6.93. The zero-order valence-electron chi connectivity index (χ0n) is 20.7. The van der Waals surface area contributed by atoms with Crippen LogP contribution in [-0.4, -0.2) is 47.7 Å². The number of aromatic nitrogens is 1. The van der Waals surface area contributed by atoms with Crippen LogP contribution in [-0.2, 0) is 11.2 Å². The highest BCUT2D eigenvalue weighted by Crippen LogP contribution is 2.40. The number of methoxy groups -OCH3 is 1. The van der Waals surface area contributed by atoms with Crippen molar-refractivity contribution in [2.45, 2.75) is 38.5 Å². The Labute approximate surface area is 226 Å². The van der Waals surface area contributed by atoms with Gasteiger partial charge in [0.05, 0.1) is 36.2 Å². The Morgan fingerprint density at radius 2 is 2.00 bits per heavy atom. The molecule has 37 heavy (non-hydrogen) atoms. The summed E-state index contributed by atoms with van der Waals surface area (Å²) in [5.41, 5.74) is 1.92. The average molecular weight is 543 g/mol. The molecule has 3 aromatic rings. The van der Waals surface area contributed by atoms with Crippen LogP contribution in [0.15, 0.2) is 42.6 Å². The van der Waals surface area contributed by atoms with E-state index >= 15 is 0 Å². The van der Waals surface area contributed by atoms with Crippen LogP contribution >= 0.6 is 23.2 Å². The molecule has 0 saturated carbocycles. The maximum atomic E-state index is 14.0. The lowest BCUT2D eigenvalue weighted by atomic mass is 9.72. The second-order valence-electron chi connectivity index (χ2n) is 9.59. The number of rotatable bonds is 8. The van der Waals surface area contributed by atoms with Crippen molar-refractivity contribution in [3.63, 3.8) is 0 Å². The molecule has 0 spiro atoms. The lowest BCUT2D eigenvalue weighted by Gasteiger charge is -2.40. The number of likely N-dealkylation sites (tertiary alicyclic amines) is 1. The van der Waals surface area contributed by atoms with Crippen LogP contribution in [0.2, 0.25) is 10.0 Å². The molecule has 2 heterocycles. The van der Waals surface area contributed by atoms with Gasteiger partial charge in [-0.05, 0) is 92.6 Å². The van der Waals surface area contributed by atoms with E-state index in [0.29, 0.717) is 22.2 Å². The number of pyridine rings is 1. The van der Waals surface area contributed by atoms with E-state index in [-0.39, 0.29) is 11.8 Å². The fourth-order valence-corrected chi connectivity index (χ4v) is 5.49. The van der Waals surface area contributed by atoms with Crippen molar-refractivity contribution in [2.24, 2.45) is 5.41 Å². The summed E-state index contributed by atoms with van der Waals surface area (Å²) in [4.78, 5) is 18.4. The van der Waals surface area contributed by atoms with Crippen molar-refractivity contribution < 1.29 is 19.0 Å². The zero-order valence-corrected chi connectivity index (χ0v) is 22.2. The smallest absolute Gasteiger partial charge is 0.303 e. The second-order valence-corrected chi connectivity index (χ2v) is 10.4. The van der Waals surface area contributed by atoms with E-state index in [4.69, 9.17) is 27.9 Å². The van der Waals surface area contributed by atoms with Crippen LogP contribution in [0.5, 0.6) is 5.75 Å². The van der Waals surface area contributed by atoms with Crippen molar-refractivity contribution in [1.82, 2.24) is 9.88 Å². The molecule has 4 rings (SSSR count). The molecule has 0 unspecified atom stereocenters. The van der Waals surface area contributed by atoms with Crippen LogP contribution in [0, 0.1) is 23.1 Å². The Morgan fingerprint density at radius 3 is 2.70 bits per heavy atom. The van der Waals surface area contributed by atoms with Gasteiger partial charge in [0.2, 0.25) is 0 Å². The van der Waals surface area contributed by atoms with Crippen molar-refractivity contribution >= 4 is 40.1 Å². The highest BCUT2D eigenvalue weighted by Gasteiger charge is 2.36. The largest absolute Gasteiger partial charge is 0.497 e. The molecule has 0 amide bonds. The molecule has 1 aliphatic heterocycles. The number of halogens is 3. The molecule has 1 saturated heterocycles. The topological polar surface area (TPSA) is 62.7 Å². The minimum Gasteiger partial charge on any atom is -0.497 e. The summed E-state index contributed by atoms with van der Waals surface area (Å²) < 4.78 is 19.3. The van der Waals surface area contributed by atoms with Gasteiger partial charge in [-0.15, -0.1) is 0 Å². The van der Waals surface area contributed by atoms with Gasteiger partial charge in [0.25, 0.3) is 0 Å². The number of carbonyl (C=O) groups is 1. The van der Waals surface area contributed by atoms with Crippen LogP contribution < -0.4 is 4.74 Å². The van der Waals surface area contributed by atoms with Crippen LogP contribution in [0.1, 0.15) is 43.2 Å². The van der Waals surface area contributed by atoms with E-state index in [2.05, 4.69) is 21.7 Å². The van der Waals surface area contributed by atoms with E-state index in [9.17, 15) is 14.3 Å². The minimum absolute atomic E-state index is 0.140. The summed E-state index contributed by atoms with van der Waals surface area (Å²) >= 11 is 12.3. The normalized spacial score (nSPS) is 15.2. The summed E-state index contributed by atoms with van der Waals surface area (Å²) in [6.45, 7) is 2.01. The third-order valence-electron chi connectivity index (χ3n) is 7.17. The first kappa shape index (κ1) is 27.2. The number of aryl methyl sites for hydroxylation is 1. The van der Waals surface area contributed by atoms with Gasteiger partial charge in [-0.25, -0.2) is 4.39 Å². The Hall–Kier alpha value is -2.85. The first-order valence-electron chi connectivity index (χ1n) is 12.3. The number of carboxylic acid groups (broad SMARTS) is 1. The molecule has 5 nitrogen and oxygen atoms in total. The predicted octanol–water partition coefficient (Wildman–Crippen LogP) is 6.62. The van der Waals surface area contributed by atoms with Crippen LogP contribution in [0.25, 0.3) is 10.9 Å². The summed E-state index contributed by atoms with van der Waals surface area (Å²) in [5, 5.41) is 11.6. The van der Waals surface area contributed by atoms with Crippen molar-refractivity contribution in [3.05, 3.63) is 69.6 Å². The molecular formula is C29H29Cl2FN2O3. The maximum Gasteiger partial charge on any atom is 0.303 e. The molecule has 1 aliphatic rings. The molecule has 0 radical (unpaired) electrons. The first-order chi connectivity index (χ1) is 17.8. The predicted molar refractivity (Wildman–Crippen MR) is 145 cm³/mol. The number of hydrogen-bond acceptors (Lipinski definition) is 4. The van der Waals surface area contributed by atoms with Crippen LogP contribution in [0.3, 0.4) is 0 Å². The quantitative estimate of drug-likeness (QED) is 0.324. The Kier molecular flexibility index (Phi) is 8.91. The molecule has 0 bridgehead atoms. The van der Waals surface area contributed by atoms with Gasteiger partial charge < -0.3 is 9.84 Å². The lowest BCUT2D eigenvalue weighted by molar-refractivity contribution is -0.140. The monoisotopic (exact) mass is 542 g/mol. The SMILES string of the molecule is COc1ccc2ncc(Cl)c(CCCC3(CC(=O)O)CCN(CC#Cc4ccc(Cl)cc4F)CC3)c2c1. The van der Waals surface area contributed by atoms with E-state index in [1.807, 2.05) is 18.2 Å². The summed E-state index contributed by atoms with van der Waals surface area (Å²) in [5.74, 6) is 5.46. The number of piperidine rings is 1. The lowest BCUT2D eigenvalue weighted by Crippen LogP contribution is -2.41. The molecule has 1 N–H and O–H groups in total. The number of aliphatic carboxylic acids is 1. The maximum absolute atomic E-state index is 14.0. The minimum atomic E-state index is -0.774. The zero-order chi connectivity index (χ0) is 26.4. The van der Waals surface area contributed by atoms with Gasteiger partial charge in [-0.2, -0.15) is 0 Å². The summed E-state index contributed by atoms with van der Waals surface area (Å²) in [6, 6.07) is 10.2. The summed E-state index contributed by atoms with van der Waals surface area (Å²) in [6.07, 6.45) is 5.70. The number of fused-ring (bicyclic) bond motifs is 1. The molecule has 0 atom stereocenters. The van der Waals surface area contributed by atoms with Crippen molar-refractivity contribution in [2.75, 3.05) is 26.7 Å². The fourth-order valence-electron chi connectivity index (χ4n) is 5.08. The van der Waals surface area contributed by atoms with Gasteiger partial charge in [-0.3, -0.25) is 14.7 Å². The van der Waals surface area contributed by atoms with E-state index in [1.54, 1.807) is 25.4 Å². The molecule has 2 aromatic carbocycles. The Balaban J connectivity index is 1.39. The third-order valence-corrected chi connectivity index (χ3v) is 7.73. The number of ether oxygens (including phenoxy) is 1. The molecule has 0 aliphatic carbocycles.